The Bertz CT molecular complexity index is 402. The fraction of sp³-hybridized carbons (Fsp3) is 0.647. The maximum absolute atomic E-state index is 5.87. The average Bonchev–Trinajstić information content (AvgIpc) is 2.43. The molecule has 1 aliphatic heterocycles. The van der Waals surface area contributed by atoms with E-state index in [-0.39, 0.29) is 0 Å². The molecule has 2 atom stereocenters. The van der Waals surface area contributed by atoms with Crippen molar-refractivity contribution in [3.05, 3.63) is 29.3 Å². The van der Waals surface area contributed by atoms with Gasteiger partial charge in [0.15, 0.2) is 0 Å². The number of halogens is 1. The van der Waals surface area contributed by atoms with Crippen LogP contribution in [0.15, 0.2) is 29.2 Å². The highest BCUT2D eigenvalue weighted by molar-refractivity contribution is 7.99. The fourth-order valence-electron chi connectivity index (χ4n) is 3.02. The van der Waals surface area contributed by atoms with Crippen molar-refractivity contribution in [1.82, 2.24) is 4.90 Å². The molecule has 4 heteroatoms. The lowest BCUT2D eigenvalue weighted by atomic mass is 9.92. The van der Waals surface area contributed by atoms with Crippen molar-refractivity contribution in [2.24, 2.45) is 11.8 Å². The van der Waals surface area contributed by atoms with Crippen LogP contribution in [0.5, 0.6) is 0 Å². The monoisotopic (exact) mass is 327 g/mol. The highest BCUT2D eigenvalue weighted by atomic mass is 35.5. The average molecular weight is 328 g/mol. The number of rotatable bonds is 7. The van der Waals surface area contributed by atoms with Gasteiger partial charge < -0.3 is 9.64 Å². The molecule has 0 saturated carbocycles. The first-order valence-corrected chi connectivity index (χ1v) is 9.18. The van der Waals surface area contributed by atoms with E-state index >= 15 is 0 Å². The van der Waals surface area contributed by atoms with Crippen LogP contribution in [0, 0.1) is 11.8 Å². The molecular weight excluding hydrogens is 302 g/mol. The second-order valence-corrected chi connectivity index (χ2v) is 7.73. The summed E-state index contributed by atoms with van der Waals surface area (Å²) >= 11 is 7.69. The summed E-state index contributed by atoms with van der Waals surface area (Å²) in [6.07, 6.45) is 1.37. The SMILES string of the molecule is C[C@H]1C[C@H](C)CN(CCOCCSc2ccc(Cl)cc2)C1. The Morgan fingerprint density at radius 1 is 1.14 bits per heavy atom. The molecule has 0 aromatic heterocycles. The van der Waals surface area contributed by atoms with Crippen molar-refractivity contribution >= 4 is 23.4 Å². The third-order valence-electron chi connectivity index (χ3n) is 3.81. The van der Waals surface area contributed by atoms with Gasteiger partial charge in [-0.05, 0) is 42.5 Å². The molecule has 0 bridgehead atoms. The van der Waals surface area contributed by atoms with Gasteiger partial charge in [-0.15, -0.1) is 11.8 Å². The summed E-state index contributed by atoms with van der Waals surface area (Å²) in [5.74, 6) is 2.65. The standard InChI is InChI=1S/C17H26ClNOS/c1-14-11-15(2)13-19(12-14)7-8-20-9-10-21-17-5-3-16(18)4-6-17/h3-6,14-15H,7-13H2,1-2H3/t14-,15-/m0/s1. The molecule has 2 nitrogen and oxygen atoms in total. The zero-order valence-electron chi connectivity index (χ0n) is 13.1. The van der Waals surface area contributed by atoms with Crippen LogP contribution >= 0.6 is 23.4 Å². The zero-order chi connectivity index (χ0) is 15.1. The van der Waals surface area contributed by atoms with E-state index in [1.54, 1.807) is 0 Å². The Morgan fingerprint density at radius 3 is 2.48 bits per heavy atom. The Morgan fingerprint density at radius 2 is 1.81 bits per heavy atom. The van der Waals surface area contributed by atoms with E-state index in [0.717, 1.165) is 42.4 Å². The van der Waals surface area contributed by atoms with Crippen LogP contribution in [0.3, 0.4) is 0 Å². The van der Waals surface area contributed by atoms with Crippen LogP contribution in [-0.4, -0.2) is 43.5 Å². The summed E-state index contributed by atoms with van der Waals surface area (Å²) in [5, 5.41) is 0.792. The number of ether oxygens (including phenoxy) is 1. The lowest BCUT2D eigenvalue weighted by Gasteiger charge is -2.34. The minimum Gasteiger partial charge on any atom is -0.379 e. The second kappa shape index (κ2) is 9.04. The number of likely N-dealkylation sites (tertiary alicyclic amines) is 1. The number of hydrogen-bond donors (Lipinski definition) is 0. The number of benzene rings is 1. The van der Waals surface area contributed by atoms with Gasteiger partial charge in [0, 0.05) is 35.3 Å². The summed E-state index contributed by atoms with van der Waals surface area (Å²) in [4.78, 5) is 3.80. The summed E-state index contributed by atoms with van der Waals surface area (Å²) in [6, 6.07) is 7.99. The molecule has 0 aliphatic carbocycles. The fourth-order valence-corrected chi connectivity index (χ4v) is 3.91. The molecule has 1 saturated heterocycles. The molecule has 0 amide bonds. The third kappa shape index (κ3) is 6.60. The van der Waals surface area contributed by atoms with E-state index in [1.807, 2.05) is 23.9 Å². The minimum absolute atomic E-state index is 0.792. The maximum Gasteiger partial charge on any atom is 0.0593 e. The van der Waals surface area contributed by atoms with Crippen LogP contribution < -0.4 is 0 Å². The first kappa shape index (κ1) is 17.1. The highest BCUT2D eigenvalue weighted by Crippen LogP contribution is 2.21. The topological polar surface area (TPSA) is 12.5 Å². The quantitative estimate of drug-likeness (QED) is 0.543. The summed E-state index contributed by atoms with van der Waals surface area (Å²) < 4.78 is 5.76. The summed E-state index contributed by atoms with van der Waals surface area (Å²) in [6.45, 7) is 9.89. The first-order chi connectivity index (χ1) is 10.1. The van der Waals surface area contributed by atoms with Gasteiger partial charge in [0.2, 0.25) is 0 Å². The molecule has 1 aromatic rings. The number of nitrogens with zero attached hydrogens (tertiary/aromatic N) is 1. The van der Waals surface area contributed by atoms with Crippen molar-refractivity contribution in [3.63, 3.8) is 0 Å². The van der Waals surface area contributed by atoms with Crippen LogP contribution in [0.2, 0.25) is 5.02 Å². The molecule has 118 valence electrons. The molecule has 0 N–H and O–H groups in total. The molecule has 2 rings (SSSR count). The van der Waals surface area contributed by atoms with Crippen LogP contribution in [-0.2, 0) is 4.74 Å². The smallest absolute Gasteiger partial charge is 0.0593 e. The minimum atomic E-state index is 0.792. The number of piperidine rings is 1. The number of thioether (sulfide) groups is 1. The molecule has 1 heterocycles. The van der Waals surface area contributed by atoms with Gasteiger partial charge in [-0.25, -0.2) is 0 Å². The molecule has 1 fully saturated rings. The van der Waals surface area contributed by atoms with Crippen molar-refractivity contribution in [2.45, 2.75) is 25.2 Å². The van der Waals surface area contributed by atoms with E-state index < -0.39 is 0 Å². The molecular formula is C17H26ClNOS. The summed E-state index contributed by atoms with van der Waals surface area (Å²) in [5.41, 5.74) is 0. The third-order valence-corrected chi connectivity index (χ3v) is 5.03. The van der Waals surface area contributed by atoms with Gasteiger partial charge in [-0.3, -0.25) is 0 Å². The zero-order valence-corrected chi connectivity index (χ0v) is 14.6. The van der Waals surface area contributed by atoms with E-state index in [4.69, 9.17) is 16.3 Å². The van der Waals surface area contributed by atoms with Crippen molar-refractivity contribution in [3.8, 4) is 0 Å². The van der Waals surface area contributed by atoms with Gasteiger partial charge in [0.05, 0.1) is 13.2 Å². The molecule has 1 aliphatic rings. The molecule has 21 heavy (non-hydrogen) atoms. The van der Waals surface area contributed by atoms with Crippen LogP contribution in [0.1, 0.15) is 20.3 Å². The predicted octanol–water partition coefficient (Wildman–Crippen LogP) is 4.43. The second-order valence-electron chi connectivity index (χ2n) is 6.12. The van der Waals surface area contributed by atoms with Gasteiger partial charge in [-0.2, -0.15) is 0 Å². The Labute approximate surface area is 138 Å². The van der Waals surface area contributed by atoms with E-state index in [1.165, 1.54) is 24.4 Å². The Balaban J connectivity index is 1.53. The molecule has 1 aromatic carbocycles. The number of hydrogen-bond acceptors (Lipinski definition) is 3. The van der Waals surface area contributed by atoms with E-state index in [2.05, 4.69) is 30.9 Å². The predicted molar refractivity (Wildman–Crippen MR) is 92.4 cm³/mol. The van der Waals surface area contributed by atoms with E-state index in [0.29, 0.717) is 0 Å². The lowest BCUT2D eigenvalue weighted by molar-refractivity contribution is 0.0803. The molecule has 0 unspecified atom stereocenters. The van der Waals surface area contributed by atoms with Crippen LogP contribution in [0.4, 0.5) is 0 Å². The van der Waals surface area contributed by atoms with Gasteiger partial charge in [0.25, 0.3) is 0 Å². The van der Waals surface area contributed by atoms with Crippen LogP contribution in [0.25, 0.3) is 0 Å². The van der Waals surface area contributed by atoms with Crippen molar-refractivity contribution in [1.29, 1.82) is 0 Å². The lowest BCUT2D eigenvalue weighted by Crippen LogP contribution is -2.40. The summed E-state index contributed by atoms with van der Waals surface area (Å²) in [7, 11) is 0. The Hall–Kier alpha value is -0.220. The molecule has 0 radical (unpaired) electrons. The Kier molecular flexibility index (Phi) is 7.38. The largest absolute Gasteiger partial charge is 0.379 e. The maximum atomic E-state index is 5.87. The molecule has 0 spiro atoms. The highest BCUT2D eigenvalue weighted by Gasteiger charge is 2.20. The van der Waals surface area contributed by atoms with Gasteiger partial charge in [0.1, 0.15) is 0 Å². The first-order valence-electron chi connectivity index (χ1n) is 7.82. The van der Waals surface area contributed by atoms with Gasteiger partial charge in [-0.1, -0.05) is 25.4 Å². The van der Waals surface area contributed by atoms with Gasteiger partial charge >= 0.3 is 0 Å². The van der Waals surface area contributed by atoms with Crippen molar-refractivity contribution < 1.29 is 4.74 Å². The van der Waals surface area contributed by atoms with E-state index in [9.17, 15) is 0 Å². The van der Waals surface area contributed by atoms with Crippen molar-refractivity contribution in [2.75, 3.05) is 38.6 Å². The normalized spacial score (nSPS) is 23.4.